The van der Waals surface area contributed by atoms with E-state index in [1.165, 1.54) is 24.3 Å². The number of benzene rings is 1. The summed E-state index contributed by atoms with van der Waals surface area (Å²) in [6.07, 6.45) is 10.2. The lowest BCUT2D eigenvalue weighted by molar-refractivity contribution is -0.142. The molecule has 2 aromatic heterocycles. The van der Waals surface area contributed by atoms with Crippen molar-refractivity contribution in [2.24, 2.45) is 5.92 Å². The van der Waals surface area contributed by atoms with Crippen molar-refractivity contribution in [3.63, 3.8) is 0 Å². The molecule has 4 nitrogen and oxygen atoms in total. The summed E-state index contributed by atoms with van der Waals surface area (Å²) in [4.78, 5) is 17.1. The maximum absolute atomic E-state index is 16.4. The van der Waals surface area contributed by atoms with Crippen molar-refractivity contribution >= 4 is 40.2 Å². The average Bonchev–Trinajstić information content (AvgIpc) is 3.55. The number of allylic oxidation sites excluding steroid dienone is 3. The number of para-hydroxylation sites is 1. The zero-order valence-electron chi connectivity index (χ0n) is 16.1. The number of hydrogen-bond acceptors (Lipinski definition) is 3. The first kappa shape index (κ1) is 20.3. The van der Waals surface area contributed by atoms with Crippen LogP contribution in [0.4, 0.5) is 8.78 Å². The van der Waals surface area contributed by atoms with Crippen molar-refractivity contribution in [1.29, 1.82) is 0 Å². The fourth-order valence-corrected chi connectivity index (χ4v) is 6.03. The molecule has 0 aliphatic heterocycles. The van der Waals surface area contributed by atoms with Gasteiger partial charge in [0.1, 0.15) is 5.82 Å². The van der Waals surface area contributed by atoms with E-state index < -0.39 is 28.1 Å². The molecule has 2 unspecified atom stereocenters. The van der Waals surface area contributed by atoms with Crippen LogP contribution in [-0.4, -0.2) is 31.0 Å². The van der Waals surface area contributed by atoms with Gasteiger partial charge in [0.2, 0.25) is 0 Å². The number of carboxylic acids is 1. The summed E-state index contributed by atoms with van der Waals surface area (Å²) >= 11 is 7.25. The van der Waals surface area contributed by atoms with Crippen molar-refractivity contribution in [1.82, 2.24) is 9.55 Å². The number of fused-ring (bicyclic) bond motifs is 1. The lowest BCUT2D eigenvalue weighted by atomic mass is 9.80. The fourth-order valence-electron chi connectivity index (χ4n) is 4.21. The Balaban J connectivity index is 1.73. The molecular weight excluding hydrogens is 442 g/mol. The third kappa shape index (κ3) is 2.94. The van der Waals surface area contributed by atoms with E-state index in [4.69, 9.17) is 11.6 Å². The second kappa shape index (κ2) is 7.21. The zero-order chi connectivity index (χ0) is 21.8. The molecule has 1 fully saturated rings. The molecule has 3 aromatic rings. The molecule has 0 spiro atoms. The van der Waals surface area contributed by atoms with Gasteiger partial charge in [-0.1, -0.05) is 41.6 Å². The van der Waals surface area contributed by atoms with Crippen LogP contribution in [0, 0.1) is 11.7 Å². The normalized spacial score (nSPS) is 25.6. The van der Waals surface area contributed by atoms with Crippen LogP contribution in [0.5, 0.6) is 0 Å². The summed E-state index contributed by atoms with van der Waals surface area (Å²) in [6.45, 7) is 0. The van der Waals surface area contributed by atoms with E-state index in [0.717, 1.165) is 11.8 Å². The number of aliphatic carboxylic acids is 1. The number of carboxylic acid groups (broad SMARTS) is 1. The number of alkyl halides is 1. The zero-order valence-corrected chi connectivity index (χ0v) is 17.7. The first-order valence-electron chi connectivity index (χ1n) is 9.75. The average molecular weight is 459 g/mol. The standard InChI is InChI=1S/C23H17ClF2N2O2S/c24-19-7-2-10-22(26,14-8-9-14)23(19,21(29)30)31-18-13-28(15-4-3-11-27-12-15)20-16(18)5-1-6-17(20)25/h1-7,10-14H,8-9H2,(H,29,30). The summed E-state index contributed by atoms with van der Waals surface area (Å²) in [5.74, 6) is -2.27. The van der Waals surface area contributed by atoms with E-state index in [0.29, 0.717) is 28.8 Å². The molecule has 158 valence electrons. The SMILES string of the molecule is O=C(O)C1(Sc2cn(-c3cccnc3)c3c(F)cccc23)C(Cl)=CC=CC1(F)C1CC1. The van der Waals surface area contributed by atoms with Gasteiger partial charge in [-0.15, -0.1) is 0 Å². The summed E-state index contributed by atoms with van der Waals surface area (Å²) in [6, 6.07) is 8.05. The van der Waals surface area contributed by atoms with Crippen LogP contribution in [0.1, 0.15) is 12.8 Å². The highest BCUT2D eigenvalue weighted by Gasteiger charge is 2.66. The number of nitrogens with zero attached hydrogens (tertiary/aromatic N) is 2. The molecule has 2 heterocycles. The van der Waals surface area contributed by atoms with Crippen LogP contribution in [0.25, 0.3) is 16.6 Å². The van der Waals surface area contributed by atoms with E-state index >= 15 is 4.39 Å². The topological polar surface area (TPSA) is 55.1 Å². The summed E-state index contributed by atoms with van der Waals surface area (Å²) < 4.78 is 30.8. The summed E-state index contributed by atoms with van der Waals surface area (Å²) in [7, 11) is 0. The smallest absolute Gasteiger partial charge is 0.329 e. The number of pyridine rings is 1. The maximum atomic E-state index is 16.4. The van der Waals surface area contributed by atoms with Crippen LogP contribution in [-0.2, 0) is 4.79 Å². The molecule has 0 radical (unpaired) electrons. The van der Waals surface area contributed by atoms with Crippen LogP contribution >= 0.6 is 23.4 Å². The first-order chi connectivity index (χ1) is 14.9. The van der Waals surface area contributed by atoms with E-state index in [1.54, 1.807) is 47.4 Å². The number of thioether (sulfide) groups is 1. The van der Waals surface area contributed by atoms with Gasteiger partial charge in [0.05, 0.1) is 17.4 Å². The van der Waals surface area contributed by atoms with Gasteiger partial charge in [0.25, 0.3) is 0 Å². The van der Waals surface area contributed by atoms with Gasteiger partial charge in [0.15, 0.2) is 10.4 Å². The molecule has 0 amide bonds. The number of aromatic nitrogens is 2. The minimum Gasteiger partial charge on any atom is -0.480 e. The predicted molar refractivity (Wildman–Crippen MR) is 117 cm³/mol. The third-order valence-corrected chi connectivity index (χ3v) is 7.94. The molecule has 2 aliphatic carbocycles. The van der Waals surface area contributed by atoms with Gasteiger partial charge in [-0.25, -0.2) is 8.78 Å². The van der Waals surface area contributed by atoms with E-state index in [9.17, 15) is 14.3 Å². The Morgan fingerprint density at radius 3 is 2.77 bits per heavy atom. The molecule has 0 saturated heterocycles. The van der Waals surface area contributed by atoms with Crippen LogP contribution in [0.2, 0.25) is 0 Å². The van der Waals surface area contributed by atoms with E-state index in [1.807, 2.05) is 0 Å². The highest BCUT2D eigenvalue weighted by molar-refractivity contribution is 8.02. The van der Waals surface area contributed by atoms with Crippen molar-refractivity contribution in [3.05, 3.63) is 78.0 Å². The Hall–Kier alpha value is -2.64. The van der Waals surface area contributed by atoms with Crippen molar-refractivity contribution in [2.45, 2.75) is 28.2 Å². The van der Waals surface area contributed by atoms with Gasteiger partial charge in [-0.3, -0.25) is 9.78 Å². The highest BCUT2D eigenvalue weighted by atomic mass is 35.5. The second-order valence-electron chi connectivity index (χ2n) is 7.72. The summed E-state index contributed by atoms with van der Waals surface area (Å²) in [5, 5.41) is 10.7. The number of carbonyl (C=O) groups is 1. The Labute approximate surface area is 186 Å². The van der Waals surface area contributed by atoms with E-state index in [2.05, 4.69) is 4.98 Å². The number of hydrogen-bond donors (Lipinski definition) is 1. The minimum atomic E-state index is -2.16. The largest absolute Gasteiger partial charge is 0.480 e. The second-order valence-corrected chi connectivity index (χ2v) is 9.38. The summed E-state index contributed by atoms with van der Waals surface area (Å²) in [5.41, 5.74) is -1.29. The fraction of sp³-hybridized carbons (Fsp3) is 0.217. The van der Waals surface area contributed by atoms with Gasteiger partial charge in [-0.2, -0.15) is 0 Å². The quantitative estimate of drug-likeness (QED) is 0.518. The Morgan fingerprint density at radius 2 is 2.10 bits per heavy atom. The van der Waals surface area contributed by atoms with Gasteiger partial charge in [-0.05, 0) is 49.1 Å². The minimum absolute atomic E-state index is 0.0967. The Kier molecular flexibility index (Phi) is 4.71. The number of halogens is 3. The monoisotopic (exact) mass is 458 g/mol. The molecule has 1 saturated carbocycles. The molecule has 1 aromatic carbocycles. The molecule has 0 bridgehead atoms. The van der Waals surface area contributed by atoms with Gasteiger partial charge in [0, 0.05) is 27.7 Å². The Morgan fingerprint density at radius 1 is 1.29 bits per heavy atom. The number of rotatable bonds is 5. The predicted octanol–water partition coefficient (Wildman–Crippen LogP) is 5.89. The van der Waals surface area contributed by atoms with Crippen LogP contribution in [0.3, 0.4) is 0 Å². The third-order valence-electron chi connectivity index (χ3n) is 5.86. The lowest BCUT2D eigenvalue weighted by Gasteiger charge is -2.41. The first-order valence-corrected chi connectivity index (χ1v) is 10.9. The van der Waals surface area contributed by atoms with Crippen molar-refractivity contribution in [3.8, 4) is 5.69 Å². The Bertz CT molecular complexity index is 1260. The molecule has 1 N–H and O–H groups in total. The van der Waals surface area contributed by atoms with Crippen molar-refractivity contribution in [2.75, 3.05) is 0 Å². The van der Waals surface area contributed by atoms with Gasteiger partial charge >= 0.3 is 5.97 Å². The van der Waals surface area contributed by atoms with Crippen LogP contribution < -0.4 is 0 Å². The van der Waals surface area contributed by atoms with Crippen molar-refractivity contribution < 1.29 is 18.7 Å². The van der Waals surface area contributed by atoms with Crippen LogP contribution in [0.15, 0.2) is 77.1 Å². The van der Waals surface area contributed by atoms with Gasteiger partial charge < -0.3 is 9.67 Å². The molecule has 2 atom stereocenters. The molecule has 5 rings (SSSR count). The molecule has 8 heteroatoms. The lowest BCUT2D eigenvalue weighted by Crippen LogP contribution is -2.56. The maximum Gasteiger partial charge on any atom is 0.329 e. The molecule has 31 heavy (non-hydrogen) atoms. The highest BCUT2D eigenvalue weighted by Crippen LogP contribution is 2.60. The molecular formula is C23H17ClF2N2O2S. The molecule has 2 aliphatic rings. The van der Waals surface area contributed by atoms with E-state index in [-0.39, 0.29) is 10.5 Å².